The van der Waals surface area contributed by atoms with E-state index < -0.39 is 0 Å². The highest BCUT2D eigenvalue weighted by Gasteiger charge is 2.23. The average Bonchev–Trinajstić information content (AvgIpc) is 2.76. The van der Waals surface area contributed by atoms with Gasteiger partial charge in [-0.05, 0) is 42.7 Å². The van der Waals surface area contributed by atoms with Crippen molar-refractivity contribution in [1.29, 1.82) is 0 Å². The van der Waals surface area contributed by atoms with E-state index in [4.69, 9.17) is 4.74 Å². The van der Waals surface area contributed by atoms with Gasteiger partial charge in [0.15, 0.2) is 0 Å². The van der Waals surface area contributed by atoms with Crippen LogP contribution in [-0.4, -0.2) is 61.2 Å². The first-order valence-electron chi connectivity index (χ1n) is 10.1. The van der Waals surface area contributed by atoms with Gasteiger partial charge in [0.1, 0.15) is 0 Å². The molecule has 0 radical (unpaired) electrons. The zero-order chi connectivity index (χ0) is 19.2. The number of ether oxygens (including phenoxy) is 1. The molecule has 2 saturated heterocycles. The Morgan fingerprint density at radius 2 is 1.75 bits per heavy atom. The van der Waals surface area contributed by atoms with Gasteiger partial charge >= 0.3 is 0 Å². The number of carbonyl (C=O) groups excluding carboxylic acids is 1. The molecule has 0 atom stereocenters. The summed E-state index contributed by atoms with van der Waals surface area (Å²) in [5.41, 5.74) is 3.07. The molecule has 148 valence electrons. The molecule has 2 aromatic rings. The molecule has 2 aliphatic rings. The van der Waals surface area contributed by atoms with E-state index in [1.165, 1.54) is 5.56 Å². The molecule has 2 fully saturated rings. The van der Waals surface area contributed by atoms with Crippen molar-refractivity contribution in [1.82, 2.24) is 15.2 Å². The van der Waals surface area contributed by atoms with Crippen LogP contribution in [-0.2, 0) is 11.3 Å². The number of rotatable bonds is 5. The molecule has 3 heterocycles. The summed E-state index contributed by atoms with van der Waals surface area (Å²) in [6, 6.07) is 12.3. The van der Waals surface area contributed by atoms with Crippen LogP contribution in [0.4, 0.5) is 5.69 Å². The molecule has 6 heteroatoms. The van der Waals surface area contributed by atoms with Crippen LogP contribution in [0.2, 0.25) is 0 Å². The number of aromatic nitrogens is 1. The fourth-order valence-electron chi connectivity index (χ4n) is 3.99. The lowest BCUT2D eigenvalue weighted by molar-refractivity contribution is 0.0907. The van der Waals surface area contributed by atoms with E-state index in [1.807, 2.05) is 36.7 Å². The summed E-state index contributed by atoms with van der Waals surface area (Å²) in [5, 5.41) is 3.27. The quantitative estimate of drug-likeness (QED) is 0.863. The van der Waals surface area contributed by atoms with Crippen LogP contribution < -0.4 is 10.2 Å². The van der Waals surface area contributed by atoms with E-state index in [0.29, 0.717) is 13.2 Å². The Balaban J connectivity index is 1.32. The molecule has 1 aromatic carbocycles. The number of piperidine rings is 1. The molecular formula is C22H28N4O2. The number of hydrogen-bond donors (Lipinski definition) is 1. The SMILES string of the molecule is O=C(NC1CCN(Cc2ccncc2)CC1)c1ccccc1N1CCOCC1. The highest BCUT2D eigenvalue weighted by molar-refractivity contribution is 6.00. The van der Waals surface area contributed by atoms with Crippen molar-refractivity contribution in [3.05, 3.63) is 59.9 Å². The Kier molecular flexibility index (Phi) is 6.19. The van der Waals surface area contributed by atoms with Crippen molar-refractivity contribution in [2.75, 3.05) is 44.3 Å². The van der Waals surface area contributed by atoms with Crippen molar-refractivity contribution in [3.8, 4) is 0 Å². The summed E-state index contributed by atoms with van der Waals surface area (Å²) in [6.45, 7) is 6.03. The third-order valence-electron chi connectivity index (χ3n) is 5.58. The number of likely N-dealkylation sites (tertiary alicyclic amines) is 1. The third-order valence-corrected chi connectivity index (χ3v) is 5.58. The second-order valence-electron chi connectivity index (χ2n) is 7.50. The van der Waals surface area contributed by atoms with Gasteiger partial charge in [-0.1, -0.05) is 12.1 Å². The maximum absolute atomic E-state index is 13.0. The summed E-state index contributed by atoms with van der Waals surface area (Å²) in [6.07, 6.45) is 5.65. The average molecular weight is 380 g/mol. The van der Waals surface area contributed by atoms with Gasteiger partial charge in [0.25, 0.3) is 5.91 Å². The highest BCUT2D eigenvalue weighted by atomic mass is 16.5. The molecule has 0 aliphatic carbocycles. The lowest BCUT2D eigenvalue weighted by atomic mass is 10.0. The van der Waals surface area contributed by atoms with Crippen LogP contribution in [0.3, 0.4) is 0 Å². The molecular weight excluding hydrogens is 352 g/mol. The minimum Gasteiger partial charge on any atom is -0.378 e. The molecule has 0 spiro atoms. The zero-order valence-corrected chi connectivity index (χ0v) is 16.2. The van der Waals surface area contributed by atoms with Crippen molar-refractivity contribution in [2.45, 2.75) is 25.4 Å². The Morgan fingerprint density at radius 1 is 1.04 bits per heavy atom. The second-order valence-corrected chi connectivity index (χ2v) is 7.50. The van der Waals surface area contributed by atoms with Gasteiger partial charge in [0.2, 0.25) is 0 Å². The predicted octanol–water partition coefficient (Wildman–Crippen LogP) is 2.31. The molecule has 0 unspecified atom stereocenters. The number of anilines is 1. The summed E-state index contributed by atoms with van der Waals surface area (Å²) < 4.78 is 5.45. The minimum atomic E-state index is 0.0367. The Labute approximate surface area is 166 Å². The normalized spacial score (nSPS) is 18.8. The molecule has 2 aliphatic heterocycles. The number of carbonyl (C=O) groups is 1. The number of para-hydroxylation sites is 1. The van der Waals surface area contributed by atoms with Gasteiger partial charge in [0, 0.05) is 56.8 Å². The van der Waals surface area contributed by atoms with Crippen molar-refractivity contribution < 1.29 is 9.53 Å². The van der Waals surface area contributed by atoms with Crippen LogP contribution >= 0.6 is 0 Å². The fourth-order valence-corrected chi connectivity index (χ4v) is 3.99. The number of pyridine rings is 1. The van der Waals surface area contributed by atoms with Crippen molar-refractivity contribution >= 4 is 11.6 Å². The molecule has 28 heavy (non-hydrogen) atoms. The monoisotopic (exact) mass is 380 g/mol. The van der Waals surface area contributed by atoms with Crippen LogP contribution in [0.25, 0.3) is 0 Å². The molecule has 0 saturated carbocycles. The maximum atomic E-state index is 13.0. The largest absolute Gasteiger partial charge is 0.378 e. The lowest BCUT2D eigenvalue weighted by Gasteiger charge is -2.33. The Hall–Kier alpha value is -2.44. The van der Waals surface area contributed by atoms with Gasteiger partial charge in [0.05, 0.1) is 18.8 Å². The van der Waals surface area contributed by atoms with Gasteiger partial charge in [-0.15, -0.1) is 0 Å². The van der Waals surface area contributed by atoms with E-state index >= 15 is 0 Å². The molecule has 1 amide bonds. The van der Waals surface area contributed by atoms with Crippen molar-refractivity contribution in [3.63, 3.8) is 0 Å². The van der Waals surface area contributed by atoms with Crippen LogP contribution in [0.5, 0.6) is 0 Å². The molecule has 1 aromatic heterocycles. The smallest absolute Gasteiger partial charge is 0.253 e. The van der Waals surface area contributed by atoms with E-state index in [1.54, 1.807) is 0 Å². The lowest BCUT2D eigenvalue weighted by Crippen LogP contribution is -2.45. The molecule has 4 rings (SSSR count). The van der Waals surface area contributed by atoms with Gasteiger partial charge < -0.3 is 15.0 Å². The van der Waals surface area contributed by atoms with Gasteiger partial charge in [-0.3, -0.25) is 14.7 Å². The molecule has 1 N–H and O–H groups in total. The highest BCUT2D eigenvalue weighted by Crippen LogP contribution is 2.22. The minimum absolute atomic E-state index is 0.0367. The summed E-state index contributed by atoms with van der Waals surface area (Å²) >= 11 is 0. The third kappa shape index (κ3) is 4.69. The predicted molar refractivity (Wildman–Crippen MR) is 109 cm³/mol. The Morgan fingerprint density at radius 3 is 2.50 bits per heavy atom. The number of amides is 1. The number of morpholine rings is 1. The summed E-state index contributed by atoms with van der Waals surface area (Å²) in [5.74, 6) is 0.0367. The number of benzene rings is 1. The fraction of sp³-hybridized carbons (Fsp3) is 0.455. The topological polar surface area (TPSA) is 57.7 Å². The summed E-state index contributed by atoms with van der Waals surface area (Å²) in [4.78, 5) is 21.7. The van der Waals surface area contributed by atoms with E-state index in [0.717, 1.165) is 56.8 Å². The Bertz CT molecular complexity index is 769. The standard InChI is InChI=1S/C22H28N4O2/c27-22(20-3-1-2-4-21(20)26-13-15-28-16-14-26)24-19-7-11-25(12-8-19)17-18-5-9-23-10-6-18/h1-6,9-10,19H,7-8,11-17H2,(H,24,27). The number of hydrogen-bond acceptors (Lipinski definition) is 5. The van der Waals surface area contributed by atoms with E-state index in [2.05, 4.69) is 32.2 Å². The zero-order valence-electron chi connectivity index (χ0n) is 16.2. The number of nitrogens with one attached hydrogen (secondary N) is 1. The second kappa shape index (κ2) is 9.17. The molecule has 6 nitrogen and oxygen atoms in total. The number of nitrogens with zero attached hydrogens (tertiary/aromatic N) is 3. The van der Waals surface area contributed by atoms with Crippen LogP contribution in [0.15, 0.2) is 48.8 Å². The van der Waals surface area contributed by atoms with Gasteiger partial charge in [-0.25, -0.2) is 0 Å². The first-order valence-corrected chi connectivity index (χ1v) is 10.1. The van der Waals surface area contributed by atoms with Crippen molar-refractivity contribution in [2.24, 2.45) is 0 Å². The maximum Gasteiger partial charge on any atom is 0.253 e. The van der Waals surface area contributed by atoms with E-state index in [9.17, 15) is 4.79 Å². The first-order chi connectivity index (χ1) is 13.8. The van der Waals surface area contributed by atoms with E-state index in [-0.39, 0.29) is 11.9 Å². The summed E-state index contributed by atoms with van der Waals surface area (Å²) in [7, 11) is 0. The van der Waals surface area contributed by atoms with Gasteiger partial charge in [-0.2, -0.15) is 0 Å². The van der Waals surface area contributed by atoms with Crippen LogP contribution in [0.1, 0.15) is 28.8 Å². The van der Waals surface area contributed by atoms with Crippen LogP contribution in [0, 0.1) is 0 Å². The first kappa shape index (κ1) is 18.9. The molecule has 0 bridgehead atoms.